The third kappa shape index (κ3) is 3.54. The molecule has 1 heterocycles. The summed E-state index contributed by atoms with van der Waals surface area (Å²) >= 11 is 1.55. The molecule has 0 aliphatic heterocycles. The molecule has 1 aromatic heterocycles. The van der Waals surface area contributed by atoms with Crippen molar-refractivity contribution in [1.29, 1.82) is 0 Å². The molecule has 13 heavy (non-hydrogen) atoms. The molecular weight excluding hydrogens is 204 g/mol. The van der Waals surface area contributed by atoms with Gasteiger partial charge >= 0.3 is 0 Å². The molecule has 3 nitrogen and oxygen atoms in total. The van der Waals surface area contributed by atoms with Gasteiger partial charge in [0.05, 0.1) is 33.5 Å². The van der Waals surface area contributed by atoms with Crippen LogP contribution in [0, 0.1) is 0 Å². The maximum atomic E-state index is 11.5. The first kappa shape index (κ1) is 10.8. The van der Waals surface area contributed by atoms with Gasteiger partial charge in [-0.25, -0.2) is 13.9 Å². The third-order valence-electron chi connectivity index (χ3n) is 1.42. The molecule has 0 unspecified atom stereocenters. The Kier molecular flexibility index (Phi) is 3.58. The second kappa shape index (κ2) is 4.30. The van der Waals surface area contributed by atoms with E-state index in [1.807, 2.05) is 26.2 Å². The predicted octanol–water partition coefficient (Wildman–Crippen LogP) is 1.69. The van der Waals surface area contributed by atoms with Crippen LogP contribution in [0.5, 0.6) is 0 Å². The van der Waals surface area contributed by atoms with Gasteiger partial charge in [0.25, 0.3) is 0 Å². The molecule has 0 radical (unpaired) electrons. The Morgan fingerprint density at radius 3 is 2.77 bits per heavy atom. The Morgan fingerprint density at radius 1 is 1.62 bits per heavy atom. The van der Waals surface area contributed by atoms with Gasteiger partial charge in [-0.1, -0.05) is 0 Å². The van der Waals surface area contributed by atoms with Crippen molar-refractivity contribution in [3.05, 3.63) is 16.6 Å². The minimum atomic E-state index is -1.01. The van der Waals surface area contributed by atoms with Gasteiger partial charge in [-0.15, -0.1) is 11.3 Å². The van der Waals surface area contributed by atoms with Crippen LogP contribution in [0.25, 0.3) is 0 Å². The first-order valence-corrected chi connectivity index (χ1v) is 6.12. The highest BCUT2D eigenvalue weighted by Crippen LogP contribution is 2.09. The molecule has 1 atom stereocenters. The molecule has 1 rings (SSSR count). The summed E-state index contributed by atoms with van der Waals surface area (Å²) in [5, 5.41) is 1.95. The zero-order valence-electron chi connectivity index (χ0n) is 8.03. The fourth-order valence-electron chi connectivity index (χ4n) is 0.681. The van der Waals surface area contributed by atoms with Crippen LogP contribution in [0.3, 0.4) is 0 Å². The molecule has 1 aromatic rings. The molecular formula is C8H14N2OS2. The lowest BCUT2D eigenvalue weighted by atomic mass is 10.3. The van der Waals surface area contributed by atoms with Gasteiger partial charge in [-0.3, -0.25) is 0 Å². The molecule has 5 heteroatoms. The maximum absolute atomic E-state index is 11.5. The average Bonchev–Trinajstić information content (AvgIpc) is 2.50. The molecule has 0 spiro atoms. The lowest BCUT2D eigenvalue weighted by Gasteiger charge is -2.17. The molecule has 0 fully saturated rings. The number of aromatic nitrogens is 1. The van der Waals surface area contributed by atoms with Crippen molar-refractivity contribution in [3.63, 3.8) is 0 Å². The van der Waals surface area contributed by atoms with Crippen molar-refractivity contribution in [3.8, 4) is 0 Å². The Bertz CT molecular complexity index is 277. The molecule has 0 amide bonds. The van der Waals surface area contributed by atoms with Crippen molar-refractivity contribution in [1.82, 2.24) is 9.71 Å². The minimum absolute atomic E-state index is 0.212. The molecule has 1 N–H and O–H groups in total. The van der Waals surface area contributed by atoms with Gasteiger partial charge in [0.15, 0.2) is 0 Å². The average molecular weight is 218 g/mol. The van der Waals surface area contributed by atoms with Crippen LogP contribution < -0.4 is 4.72 Å². The van der Waals surface area contributed by atoms with Crippen LogP contribution in [0.1, 0.15) is 26.5 Å². The smallest absolute Gasteiger partial charge is 0.0973 e. The summed E-state index contributed by atoms with van der Waals surface area (Å²) in [6, 6.07) is 0. The zero-order valence-corrected chi connectivity index (χ0v) is 9.67. The summed E-state index contributed by atoms with van der Waals surface area (Å²) in [6.07, 6.45) is 0. The van der Waals surface area contributed by atoms with Crippen LogP contribution in [-0.4, -0.2) is 13.9 Å². The normalized spacial score (nSPS) is 14.4. The van der Waals surface area contributed by atoms with Gasteiger partial charge in [-0.2, -0.15) is 0 Å². The molecule has 0 aromatic carbocycles. The Labute approximate surface area is 85.2 Å². The molecule has 0 bridgehead atoms. The Morgan fingerprint density at radius 2 is 2.31 bits per heavy atom. The predicted molar refractivity (Wildman–Crippen MR) is 56.8 cm³/mol. The van der Waals surface area contributed by atoms with Gasteiger partial charge in [0, 0.05) is 5.38 Å². The van der Waals surface area contributed by atoms with E-state index in [1.165, 1.54) is 0 Å². The molecule has 0 aliphatic carbocycles. The van der Waals surface area contributed by atoms with Crippen molar-refractivity contribution >= 4 is 22.3 Å². The highest BCUT2D eigenvalue weighted by atomic mass is 32.2. The van der Waals surface area contributed by atoms with Crippen LogP contribution in [0.15, 0.2) is 10.9 Å². The van der Waals surface area contributed by atoms with Crippen LogP contribution in [0.4, 0.5) is 0 Å². The Hall–Kier alpha value is -0.260. The van der Waals surface area contributed by atoms with E-state index >= 15 is 0 Å². The number of hydrogen-bond donors (Lipinski definition) is 1. The summed E-state index contributed by atoms with van der Waals surface area (Å²) in [6.45, 7) is 6.40. The van der Waals surface area contributed by atoms with Gasteiger partial charge in [0.1, 0.15) is 0 Å². The first-order chi connectivity index (χ1) is 6.00. The van der Waals surface area contributed by atoms with E-state index in [1.54, 1.807) is 16.8 Å². The summed E-state index contributed by atoms with van der Waals surface area (Å²) in [4.78, 5) is 4.09. The van der Waals surface area contributed by atoms with Crippen molar-refractivity contribution in [2.75, 3.05) is 0 Å². The monoisotopic (exact) mass is 218 g/mol. The number of nitrogens with zero attached hydrogens (tertiary/aromatic N) is 1. The minimum Gasteiger partial charge on any atom is -0.248 e. The first-order valence-electron chi connectivity index (χ1n) is 4.02. The fraction of sp³-hybridized carbons (Fsp3) is 0.625. The third-order valence-corrected chi connectivity index (χ3v) is 3.58. The van der Waals surface area contributed by atoms with Crippen LogP contribution in [-0.2, 0) is 17.5 Å². The van der Waals surface area contributed by atoms with Crippen molar-refractivity contribution in [2.24, 2.45) is 0 Å². The van der Waals surface area contributed by atoms with Crippen molar-refractivity contribution < 1.29 is 4.21 Å². The second-order valence-corrected chi connectivity index (χ2v) is 6.45. The highest BCUT2D eigenvalue weighted by molar-refractivity contribution is 7.84. The summed E-state index contributed by atoms with van der Waals surface area (Å²) < 4.78 is 14.3. The van der Waals surface area contributed by atoms with E-state index in [0.717, 1.165) is 5.69 Å². The van der Waals surface area contributed by atoms with E-state index in [2.05, 4.69) is 9.71 Å². The lowest BCUT2D eigenvalue weighted by molar-refractivity contribution is 0.634. The van der Waals surface area contributed by atoms with E-state index in [9.17, 15) is 4.21 Å². The summed E-state index contributed by atoms with van der Waals surface area (Å²) in [5.74, 6) is 0. The fourth-order valence-corrected chi connectivity index (χ4v) is 1.95. The molecule has 74 valence electrons. The molecule has 0 saturated heterocycles. The van der Waals surface area contributed by atoms with Crippen molar-refractivity contribution in [2.45, 2.75) is 32.1 Å². The van der Waals surface area contributed by atoms with Gasteiger partial charge in [-0.05, 0) is 20.8 Å². The van der Waals surface area contributed by atoms with Crippen LogP contribution >= 0.6 is 11.3 Å². The highest BCUT2D eigenvalue weighted by Gasteiger charge is 2.18. The lowest BCUT2D eigenvalue weighted by Crippen LogP contribution is -2.32. The number of hydrogen-bond acceptors (Lipinski definition) is 3. The standard InChI is InChI=1S/C8H14N2OS2/c1-8(2,3)13(11)10-4-7-5-12-6-9-7/h5-6,10H,4H2,1-3H3/t13-/m0/s1. The zero-order chi connectivity index (χ0) is 9.90. The number of nitrogens with one attached hydrogen (secondary N) is 1. The van der Waals surface area contributed by atoms with Gasteiger partial charge < -0.3 is 0 Å². The molecule has 0 saturated carbocycles. The van der Waals surface area contributed by atoms with Gasteiger partial charge in [0.2, 0.25) is 0 Å². The van der Waals surface area contributed by atoms with E-state index in [-0.39, 0.29) is 4.75 Å². The van der Waals surface area contributed by atoms with Crippen LogP contribution in [0.2, 0.25) is 0 Å². The molecule has 0 aliphatic rings. The quantitative estimate of drug-likeness (QED) is 0.839. The largest absolute Gasteiger partial charge is 0.248 e. The summed E-state index contributed by atoms with van der Waals surface area (Å²) in [7, 11) is -1.01. The van der Waals surface area contributed by atoms with E-state index < -0.39 is 11.0 Å². The van der Waals surface area contributed by atoms with E-state index in [4.69, 9.17) is 0 Å². The number of rotatable bonds is 3. The Balaban J connectivity index is 2.40. The van der Waals surface area contributed by atoms with E-state index in [0.29, 0.717) is 6.54 Å². The second-order valence-electron chi connectivity index (χ2n) is 3.68. The SMILES string of the molecule is CC(C)(C)[S@](=O)NCc1cscn1. The number of thiazole rings is 1. The summed E-state index contributed by atoms with van der Waals surface area (Å²) in [5.41, 5.74) is 2.72. The maximum Gasteiger partial charge on any atom is 0.0973 e. The topological polar surface area (TPSA) is 42.0 Å².